The van der Waals surface area contributed by atoms with Gasteiger partial charge in [-0.25, -0.2) is 13.5 Å². The van der Waals surface area contributed by atoms with E-state index in [0.717, 1.165) is 18.9 Å². The number of nitriles is 1. The number of rotatable bonds is 5. The molecule has 0 radical (unpaired) electrons. The standard InChI is InChI=1S/C26H27F2N5O2/c1-26(2,35)13-16-5-8-23(21(28)10-16)33-24(17-6-7-18(14-29)20(27)11-17)12-22(31-33)25(34)32-9-3-4-19(30)15-32/h5-8,10-12,19,35H,3-4,9,13,15,30H2,1-2H3. The number of carbonyl (C=O) groups is 1. The van der Waals surface area contributed by atoms with Crippen LogP contribution in [0.25, 0.3) is 16.9 Å². The number of nitrogens with two attached hydrogens (primary N) is 1. The average Bonchev–Trinajstić information content (AvgIpc) is 3.22. The highest BCUT2D eigenvalue weighted by atomic mass is 19.1. The number of benzene rings is 2. The van der Waals surface area contributed by atoms with Crippen molar-refractivity contribution in [3.63, 3.8) is 0 Å². The number of hydrogen-bond acceptors (Lipinski definition) is 5. The van der Waals surface area contributed by atoms with E-state index in [-0.39, 0.29) is 35.3 Å². The third-order valence-electron chi connectivity index (χ3n) is 5.94. The van der Waals surface area contributed by atoms with Crippen LogP contribution in [0.15, 0.2) is 42.5 Å². The first kappa shape index (κ1) is 24.5. The molecule has 0 aliphatic carbocycles. The van der Waals surface area contributed by atoms with Gasteiger partial charge in [0.25, 0.3) is 5.91 Å². The van der Waals surface area contributed by atoms with Gasteiger partial charge in [0.2, 0.25) is 0 Å². The largest absolute Gasteiger partial charge is 0.390 e. The van der Waals surface area contributed by atoms with E-state index < -0.39 is 17.2 Å². The summed E-state index contributed by atoms with van der Waals surface area (Å²) >= 11 is 0. The van der Waals surface area contributed by atoms with Crippen LogP contribution in [0, 0.1) is 23.0 Å². The maximum absolute atomic E-state index is 15.2. The van der Waals surface area contributed by atoms with Crippen LogP contribution in [0.1, 0.15) is 48.3 Å². The Balaban J connectivity index is 1.80. The van der Waals surface area contributed by atoms with Crippen molar-refractivity contribution >= 4 is 5.91 Å². The van der Waals surface area contributed by atoms with Crippen molar-refractivity contribution in [2.75, 3.05) is 13.1 Å². The van der Waals surface area contributed by atoms with Gasteiger partial charge in [0.1, 0.15) is 23.4 Å². The molecule has 1 aromatic heterocycles. The number of nitrogens with zero attached hydrogens (tertiary/aromatic N) is 4. The van der Waals surface area contributed by atoms with Crippen molar-refractivity contribution in [2.24, 2.45) is 5.73 Å². The van der Waals surface area contributed by atoms with Crippen molar-refractivity contribution in [2.45, 2.75) is 44.8 Å². The zero-order valence-electron chi connectivity index (χ0n) is 19.6. The van der Waals surface area contributed by atoms with Crippen LogP contribution in [-0.2, 0) is 6.42 Å². The van der Waals surface area contributed by atoms with E-state index in [1.165, 1.54) is 35.0 Å². The minimum absolute atomic E-state index is 0.0682. The Morgan fingerprint density at radius 1 is 1.23 bits per heavy atom. The van der Waals surface area contributed by atoms with Gasteiger partial charge in [-0.2, -0.15) is 10.4 Å². The Labute approximate surface area is 202 Å². The summed E-state index contributed by atoms with van der Waals surface area (Å²) in [5.74, 6) is -1.67. The predicted molar refractivity (Wildman–Crippen MR) is 127 cm³/mol. The zero-order chi connectivity index (χ0) is 25.3. The Morgan fingerprint density at radius 2 is 2.00 bits per heavy atom. The minimum Gasteiger partial charge on any atom is -0.390 e. The van der Waals surface area contributed by atoms with Crippen LogP contribution in [0.5, 0.6) is 0 Å². The molecule has 1 fully saturated rings. The van der Waals surface area contributed by atoms with Crippen molar-refractivity contribution in [3.05, 3.63) is 70.9 Å². The second-order valence-corrected chi connectivity index (χ2v) is 9.56. The Kier molecular flexibility index (Phi) is 6.70. The Morgan fingerprint density at radius 3 is 2.63 bits per heavy atom. The van der Waals surface area contributed by atoms with Crippen molar-refractivity contribution in [1.82, 2.24) is 14.7 Å². The smallest absolute Gasteiger partial charge is 0.274 e. The molecule has 1 atom stereocenters. The molecule has 0 spiro atoms. The molecule has 0 bridgehead atoms. The molecule has 3 N–H and O–H groups in total. The third kappa shape index (κ3) is 5.39. The van der Waals surface area contributed by atoms with Gasteiger partial charge < -0.3 is 15.7 Å². The summed E-state index contributed by atoms with van der Waals surface area (Å²) in [6, 6.07) is 11.7. The number of carbonyl (C=O) groups excluding carboxylic acids is 1. The molecule has 4 rings (SSSR count). The Bertz CT molecular complexity index is 1310. The van der Waals surface area contributed by atoms with Crippen LogP contribution >= 0.6 is 0 Å². The summed E-state index contributed by atoms with van der Waals surface area (Å²) in [7, 11) is 0. The zero-order valence-corrected chi connectivity index (χ0v) is 19.6. The van der Waals surface area contributed by atoms with E-state index >= 15 is 4.39 Å². The molecule has 7 nitrogen and oxygen atoms in total. The first-order valence-corrected chi connectivity index (χ1v) is 11.4. The molecule has 9 heteroatoms. The Hall–Kier alpha value is -3.61. The monoisotopic (exact) mass is 479 g/mol. The van der Waals surface area contributed by atoms with Crippen LogP contribution in [0.3, 0.4) is 0 Å². The summed E-state index contributed by atoms with van der Waals surface area (Å²) < 4.78 is 30.9. The highest BCUT2D eigenvalue weighted by Gasteiger charge is 2.26. The first-order chi connectivity index (χ1) is 16.6. The van der Waals surface area contributed by atoms with Gasteiger partial charge in [-0.05, 0) is 62.6 Å². The van der Waals surface area contributed by atoms with E-state index in [1.54, 1.807) is 30.9 Å². The fraction of sp³-hybridized carbons (Fsp3) is 0.346. The lowest BCUT2D eigenvalue weighted by atomic mass is 9.98. The lowest BCUT2D eigenvalue weighted by Crippen LogP contribution is -2.45. The normalized spacial score (nSPS) is 16.3. The van der Waals surface area contributed by atoms with Crippen molar-refractivity contribution < 1.29 is 18.7 Å². The quantitative estimate of drug-likeness (QED) is 0.582. The van der Waals surface area contributed by atoms with Crippen molar-refractivity contribution in [1.29, 1.82) is 5.26 Å². The number of hydrogen-bond donors (Lipinski definition) is 2. The van der Waals surface area contributed by atoms with Gasteiger partial charge in [-0.3, -0.25) is 4.79 Å². The summed E-state index contributed by atoms with van der Waals surface area (Å²) in [6.45, 7) is 4.20. The van der Waals surface area contributed by atoms with E-state index in [4.69, 9.17) is 11.0 Å². The van der Waals surface area contributed by atoms with Gasteiger partial charge in [0.05, 0.1) is 16.9 Å². The minimum atomic E-state index is -1.01. The van der Waals surface area contributed by atoms with E-state index in [9.17, 15) is 14.3 Å². The van der Waals surface area contributed by atoms with Crippen LogP contribution in [0.2, 0.25) is 0 Å². The van der Waals surface area contributed by atoms with Crippen LogP contribution in [0.4, 0.5) is 8.78 Å². The molecule has 3 aromatic rings. The number of halogens is 2. The summed E-state index contributed by atoms with van der Waals surface area (Å²) in [4.78, 5) is 14.8. The molecular formula is C26H27F2N5O2. The molecule has 182 valence electrons. The molecule has 35 heavy (non-hydrogen) atoms. The first-order valence-electron chi connectivity index (χ1n) is 11.4. The molecule has 2 aromatic carbocycles. The highest BCUT2D eigenvalue weighted by molar-refractivity contribution is 5.93. The van der Waals surface area contributed by atoms with Gasteiger partial charge in [0, 0.05) is 31.1 Å². The molecule has 0 saturated carbocycles. The maximum atomic E-state index is 15.2. The maximum Gasteiger partial charge on any atom is 0.274 e. The van der Waals surface area contributed by atoms with Crippen LogP contribution in [-0.4, -0.2) is 50.4 Å². The predicted octanol–water partition coefficient (Wildman–Crippen LogP) is 3.57. The van der Waals surface area contributed by atoms with E-state index in [0.29, 0.717) is 29.9 Å². The molecule has 1 unspecified atom stereocenters. The second-order valence-electron chi connectivity index (χ2n) is 9.56. The fourth-order valence-corrected chi connectivity index (χ4v) is 4.33. The fourth-order valence-electron chi connectivity index (χ4n) is 4.33. The number of amides is 1. The molecule has 2 heterocycles. The van der Waals surface area contributed by atoms with Gasteiger partial charge >= 0.3 is 0 Å². The number of aromatic nitrogens is 2. The number of aliphatic hydroxyl groups is 1. The van der Waals surface area contributed by atoms with Crippen LogP contribution < -0.4 is 5.73 Å². The van der Waals surface area contributed by atoms with E-state index in [2.05, 4.69) is 5.10 Å². The van der Waals surface area contributed by atoms with Gasteiger partial charge in [-0.15, -0.1) is 0 Å². The summed E-state index contributed by atoms with van der Waals surface area (Å²) in [5.41, 5.74) is 6.26. The highest BCUT2D eigenvalue weighted by Crippen LogP contribution is 2.29. The number of likely N-dealkylation sites (tertiary alicyclic amines) is 1. The molecule has 1 amide bonds. The topological polar surface area (TPSA) is 108 Å². The van der Waals surface area contributed by atoms with Gasteiger partial charge in [0.15, 0.2) is 5.69 Å². The van der Waals surface area contributed by atoms with Gasteiger partial charge in [-0.1, -0.05) is 12.1 Å². The number of piperidine rings is 1. The lowest BCUT2D eigenvalue weighted by Gasteiger charge is -2.30. The summed E-state index contributed by atoms with van der Waals surface area (Å²) in [5, 5.41) is 23.5. The second kappa shape index (κ2) is 9.56. The molecule has 1 aliphatic heterocycles. The lowest BCUT2D eigenvalue weighted by molar-refractivity contribution is 0.0702. The summed E-state index contributed by atoms with van der Waals surface area (Å²) in [6.07, 6.45) is 1.85. The SMILES string of the molecule is CC(C)(O)Cc1ccc(-n2nc(C(=O)N3CCCC(N)C3)cc2-c2ccc(C#N)c(F)c2)c(F)c1. The average molecular weight is 480 g/mol. The van der Waals surface area contributed by atoms with Crippen molar-refractivity contribution in [3.8, 4) is 23.0 Å². The third-order valence-corrected chi connectivity index (χ3v) is 5.94. The molecular weight excluding hydrogens is 452 g/mol. The molecule has 1 saturated heterocycles. The molecule has 1 aliphatic rings. The van der Waals surface area contributed by atoms with E-state index in [1.807, 2.05) is 0 Å².